The van der Waals surface area contributed by atoms with Crippen LogP contribution in [-0.4, -0.2) is 27.1 Å². The second-order valence-electron chi connectivity index (χ2n) is 4.67. The van der Waals surface area contributed by atoms with Gasteiger partial charge in [-0.2, -0.15) is 5.10 Å². The van der Waals surface area contributed by atoms with Crippen LogP contribution in [0.15, 0.2) is 12.3 Å². The van der Waals surface area contributed by atoms with Gasteiger partial charge in [0.15, 0.2) is 0 Å². The summed E-state index contributed by atoms with van der Waals surface area (Å²) < 4.78 is 1.60. The molecule has 0 radical (unpaired) electrons. The molecule has 0 bridgehead atoms. The maximum absolute atomic E-state index is 11.9. The molecule has 5 heteroatoms. The molecule has 94 valence electrons. The molecule has 17 heavy (non-hydrogen) atoms. The van der Waals surface area contributed by atoms with Crippen LogP contribution in [0.2, 0.25) is 0 Å². The van der Waals surface area contributed by atoms with E-state index >= 15 is 0 Å². The Kier molecular flexibility index (Phi) is 4.20. The molecule has 0 unspecified atom stereocenters. The van der Waals surface area contributed by atoms with E-state index in [0.717, 1.165) is 6.54 Å². The molecule has 1 amide bonds. The highest BCUT2D eigenvalue weighted by Gasteiger charge is 2.20. The van der Waals surface area contributed by atoms with Gasteiger partial charge in [-0.1, -0.05) is 15.9 Å². The number of hydrogen-bond donors (Lipinski definition) is 1. The SMILES string of the molecule is Cn1nccc1C(=O)NCC1CCC(Br)CC1. The van der Waals surface area contributed by atoms with E-state index < -0.39 is 0 Å². The number of carbonyl (C=O) groups is 1. The van der Waals surface area contributed by atoms with Crippen molar-refractivity contribution in [3.05, 3.63) is 18.0 Å². The third kappa shape index (κ3) is 3.31. The third-order valence-corrected chi connectivity index (χ3v) is 4.30. The summed E-state index contributed by atoms with van der Waals surface area (Å²) in [6.45, 7) is 0.781. The molecule has 1 fully saturated rings. The Balaban J connectivity index is 1.79. The third-order valence-electron chi connectivity index (χ3n) is 3.38. The molecule has 1 aliphatic rings. The molecule has 0 saturated heterocycles. The van der Waals surface area contributed by atoms with Crippen LogP contribution in [-0.2, 0) is 7.05 Å². The minimum atomic E-state index is -0.0223. The monoisotopic (exact) mass is 299 g/mol. The molecule has 1 aromatic rings. The van der Waals surface area contributed by atoms with Crippen molar-refractivity contribution < 1.29 is 4.79 Å². The van der Waals surface area contributed by atoms with Gasteiger partial charge in [-0.05, 0) is 37.7 Å². The van der Waals surface area contributed by atoms with Crippen molar-refractivity contribution >= 4 is 21.8 Å². The molecule has 0 aromatic carbocycles. The lowest BCUT2D eigenvalue weighted by Gasteiger charge is -2.25. The summed E-state index contributed by atoms with van der Waals surface area (Å²) in [6.07, 6.45) is 6.46. The lowest BCUT2D eigenvalue weighted by atomic mass is 9.89. The fraction of sp³-hybridized carbons (Fsp3) is 0.667. The summed E-state index contributed by atoms with van der Waals surface area (Å²) in [4.78, 5) is 12.5. The number of aryl methyl sites for hydroxylation is 1. The maximum Gasteiger partial charge on any atom is 0.269 e. The fourth-order valence-corrected chi connectivity index (χ4v) is 2.78. The Morgan fingerprint density at radius 2 is 2.24 bits per heavy atom. The van der Waals surface area contributed by atoms with Gasteiger partial charge in [0, 0.05) is 24.6 Å². The summed E-state index contributed by atoms with van der Waals surface area (Å²) in [5, 5.41) is 6.99. The number of nitrogens with zero attached hydrogens (tertiary/aromatic N) is 2. The van der Waals surface area contributed by atoms with Crippen LogP contribution in [0.25, 0.3) is 0 Å². The van der Waals surface area contributed by atoms with E-state index in [4.69, 9.17) is 0 Å². The van der Waals surface area contributed by atoms with Crippen molar-refractivity contribution in [3.63, 3.8) is 0 Å². The van der Waals surface area contributed by atoms with E-state index in [9.17, 15) is 4.79 Å². The van der Waals surface area contributed by atoms with Crippen LogP contribution in [0.3, 0.4) is 0 Å². The molecule has 1 N–H and O–H groups in total. The predicted octanol–water partition coefficient (Wildman–Crippen LogP) is 2.10. The van der Waals surface area contributed by atoms with Crippen LogP contribution >= 0.6 is 15.9 Å². The molecule has 1 aromatic heterocycles. The van der Waals surface area contributed by atoms with Crippen molar-refractivity contribution in [2.75, 3.05) is 6.54 Å². The second kappa shape index (κ2) is 5.67. The molecule has 4 nitrogen and oxygen atoms in total. The first-order valence-corrected chi connectivity index (χ1v) is 6.98. The van der Waals surface area contributed by atoms with Crippen molar-refractivity contribution in [2.24, 2.45) is 13.0 Å². The first-order valence-electron chi connectivity index (χ1n) is 6.07. The Bertz CT molecular complexity index is 383. The lowest BCUT2D eigenvalue weighted by molar-refractivity contribution is 0.0934. The van der Waals surface area contributed by atoms with E-state index in [1.807, 2.05) is 0 Å². The van der Waals surface area contributed by atoms with Gasteiger partial charge in [-0.25, -0.2) is 0 Å². The average Bonchev–Trinajstić information content (AvgIpc) is 2.74. The number of rotatable bonds is 3. The topological polar surface area (TPSA) is 46.9 Å². The first-order chi connectivity index (χ1) is 8.16. The standard InChI is InChI=1S/C12H18BrN3O/c1-16-11(6-7-15-16)12(17)14-8-9-2-4-10(13)5-3-9/h6-7,9-10H,2-5,8H2,1H3,(H,14,17). The van der Waals surface area contributed by atoms with Crippen LogP contribution in [0, 0.1) is 5.92 Å². The number of halogens is 1. The van der Waals surface area contributed by atoms with Crippen LogP contribution < -0.4 is 5.32 Å². The van der Waals surface area contributed by atoms with Gasteiger partial charge in [0.25, 0.3) is 5.91 Å². The zero-order valence-electron chi connectivity index (χ0n) is 10.0. The summed E-state index contributed by atoms with van der Waals surface area (Å²) in [5.41, 5.74) is 0.624. The number of hydrogen-bond acceptors (Lipinski definition) is 2. The molecule has 1 heterocycles. The maximum atomic E-state index is 11.9. The predicted molar refractivity (Wildman–Crippen MR) is 70.2 cm³/mol. The zero-order valence-corrected chi connectivity index (χ0v) is 11.6. The van der Waals surface area contributed by atoms with Gasteiger partial charge in [-0.15, -0.1) is 0 Å². The highest BCUT2D eigenvalue weighted by atomic mass is 79.9. The Morgan fingerprint density at radius 3 is 2.82 bits per heavy atom. The molecule has 0 atom stereocenters. The number of amides is 1. The number of alkyl halides is 1. The second-order valence-corrected chi connectivity index (χ2v) is 5.96. The van der Waals surface area contributed by atoms with Crippen molar-refractivity contribution in [1.29, 1.82) is 0 Å². The van der Waals surface area contributed by atoms with E-state index in [1.54, 1.807) is 24.0 Å². The van der Waals surface area contributed by atoms with Gasteiger partial charge in [0.1, 0.15) is 5.69 Å². The van der Waals surface area contributed by atoms with Gasteiger partial charge in [0.05, 0.1) is 0 Å². The lowest BCUT2D eigenvalue weighted by Crippen LogP contribution is -2.32. The van der Waals surface area contributed by atoms with Gasteiger partial charge >= 0.3 is 0 Å². The van der Waals surface area contributed by atoms with Crippen molar-refractivity contribution in [3.8, 4) is 0 Å². The zero-order chi connectivity index (χ0) is 12.3. The smallest absolute Gasteiger partial charge is 0.269 e. The molecule has 0 aliphatic heterocycles. The van der Waals surface area contributed by atoms with Crippen LogP contribution in [0.4, 0.5) is 0 Å². The average molecular weight is 300 g/mol. The Morgan fingerprint density at radius 1 is 1.53 bits per heavy atom. The summed E-state index contributed by atoms with van der Waals surface area (Å²) in [7, 11) is 1.78. The Hall–Kier alpha value is -0.840. The van der Waals surface area contributed by atoms with Gasteiger partial charge in [0.2, 0.25) is 0 Å². The highest BCUT2D eigenvalue weighted by Crippen LogP contribution is 2.28. The summed E-state index contributed by atoms with van der Waals surface area (Å²) in [5.74, 6) is 0.604. The Labute approximate surface area is 110 Å². The molecular formula is C12H18BrN3O. The highest BCUT2D eigenvalue weighted by molar-refractivity contribution is 9.09. The van der Waals surface area contributed by atoms with Crippen LogP contribution in [0.5, 0.6) is 0 Å². The number of nitrogens with one attached hydrogen (secondary N) is 1. The number of carbonyl (C=O) groups excluding carboxylic acids is 1. The van der Waals surface area contributed by atoms with Crippen molar-refractivity contribution in [1.82, 2.24) is 15.1 Å². The molecule has 1 aliphatic carbocycles. The molecule has 2 rings (SSSR count). The van der Waals surface area contributed by atoms with E-state index in [-0.39, 0.29) is 5.91 Å². The molecular weight excluding hydrogens is 282 g/mol. The van der Waals surface area contributed by atoms with Crippen LogP contribution in [0.1, 0.15) is 36.2 Å². The van der Waals surface area contributed by atoms with E-state index in [2.05, 4.69) is 26.3 Å². The van der Waals surface area contributed by atoms with Crippen molar-refractivity contribution in [2.45, 2.75) is 30.5 Å². The first kappa shape index (κ1) is 12.6. The summed E-state index contributed by atoms with van der Waals surface area (Å²) >= 11 is 3.64. The van der Waals surface area contributed by atoms with Gasteiger partial charge in [-0.3, -0.25) is 9.48 Å². The molecule has 1 saturated carbocycles. The quantitative estimate of drug-likeness (QED) is 0.869. The fourth-order valence-electron chi connectivity index (χ4n) is 2.25. The van der Waals surface area contributed by atoms with Gasteiger partial charge < -0.3 is 5.32 Å². The molecule has 0 spiro atoms. The normalized spacial score (nSPS) is 24.6. The largest absolute Gasteiger partial charge is 0.350 e. The number of aromatic nitrogens is 2. The minimum absolute atomic E-state index is 0.0223. The summed E-state index contributed by atoms with van der Waals surface area (Å²) in [6, 6.07) is 1.74. The van der Waals surface area contributed by atoms with E-state index in [0.29, 0.717) is 16.4 Å². The van der Waals surface area contributed by atoms with E-state index in [1.165, 1.54) is 25.7 Å². The minimum Gasteiger partial charge on any atom is -0.350 e.